The number of rotatable bonds is 4. The lowest BCUT2D eigenvalue weighted by atomic mass is 10.1. The lowest BCUT2D eigenvalue weighted by Gasteiger charge is -2.25. The molecule has 5 heteroatoms. The van der Waals surface area contributed by atoms with Gasteiger partial charge in [0.25, 0.3) is 5.91 Å². The summed E-state index contributed by atoms with van der Waals surface area (Å²) in [4.78, 5) is 19.2. The Morgan fingerprint density at radius 3 is 2.16 bits per heavy atom. The first-order valence-corrected chi connectivity index (χ1v) is 8.86. The molecule has 0 atom stereocenters. The van der Waals surface area contributed by atoms with Gasteiger partial charge in [0.15, 0.2) is 0 Å². The van der Waals surface area contributed by atoms with Crippen molar-refractivity contribution in [2.24, 2.45) is 0 Å². The van der Waals surface area contributed by atoms with Crippen molar-refractivity contribution in [1.82, 2.24) is 15.3 Å². The molecule has 25 heavy (non-hydrogen) atoms. The van der Waals surface area contributed by atoms with E-state index < -0.39 is 0 Å². The van der Waals surface area contributed by atoms with Crippen molar-refractivity contribution in [2.45, 2.75) is 19.3 Å². The summed E-state index contributed by atoms with van der Waals surface area (Å²) in [6.45, 7) is 2.46. The molecule has 0 radical (unpaired) electrons. The highest BCUT2D eigenvalue weighted by Crippen LogP contribution is 2.29. The summed E-state index contributed by atoms with van der Waals surface area (Å²) in [5.74, 6) is -0.00752. The molecule has 0 aliphatic carbocycles. The molecule has 3 aromatic rings. The van der Waals surface area contributed by atoms with E-state index in [1.165, 1.54) is 19.3 Å². The van der Waals surface area contributed by atoms with E-state index >= 15 is 0 Å². The molecule has 128 valence electrons. The van der Waals surface area contributed by atoms with Crippen LogP contribution >= 0.6 is 0 Å². The highest BCUT2D eigenvalue weighted by molar-refractivity contribution is 6.07. The Labute approximate surface area is 147 Å². The normalized spacial score (nSPS) is 15.4. The summed E-state index contributed by atoms with van der Waals surface area (Å²) in [5.41, 5.74) is 8.74. The summed E-state index contributed by atoms with van der Waals surface area (Å²) in [6.07, 6.45) is 3.63. The molecule has 4 rings (SSSR count). The zero-order valence-corrected chi connectivity index (χ0v) is 14.2. The summed E-state index contributed by atoms with van der Waals surface area (Å²) < 4.78 is 0. The van der Waals surface area contributed by atoms with Crippen molar-refractivity contribution in [2.75, 3.05) is 25.1 Å². The molecular weight excluding hydrogens is 312 g/mol. The van der Waals surface area contributed by atoms with Crippen LogP contribution in [0.4, 0.5) is 5.69 Å². The number of pyridine rings is 1. The standard InChI is InChI=1S/C20H22N4O/c25-19(14-24-12-6-1-7-13-24)22-23-20-15-8-2-4-10-17(15)21-18-11-5-3-9-16(18)20/h2-5,8-11H,1,6-7,12-14H2,(H,21,23)(H,22,25). The van der Waals surface area contributed by atoms with Crippen LogP contribution in [-0.4, -0.2) is 35.4 Å². The molecule has 1 aliphatic heterocycles. The Bertz CT molecular complexity index is 848. The molecule has 2 heterocycles. The van der Waals surface area contributed by atoms with Crippen molar-refractivity contribution in [1.29, 1.82) is 0 Å². The molecule has 0 unspecified atom stereocenters. The van der Waals surface area contributed by atoms with E-state index in [9.17, 15) is 4.79 Å². The molecule has 0 saturated carbocycles. The van der Waals surface area contributed by atoms with E-state index in [1.54, 1.807) is 0 Å². The number of nitrogens with one attached hydrogen (secondary N) is 2. The Morgan fingerprint density at radius 2 is 1.52 bits per heavy atom. The number of fused-ring (bicyclic) bond motifs is 2. The Kier molecular flexibility index (Phi) is 4.48. The van der Waals surface area contributed by atoms with Gasteiger partial charge in [-0.05, 0) is 38.1 Å². The molecule has 1 saturated heterocycles. The van der Waals surface area contributed by atoms with E-state index in [4.69, 9.17) is 4.98 Å². The van der Waals surface area contributed by atoms with E-state index in [0.29, 0.717) is 6.54 Å². The minimum absolute atomic E-state index is 0.00752. The van der Waals surface area contributed by atoms with Crippen LogP contribution in [-0.2, 0) is 4.79 Å². The topological polar surface area (TPSA) is 57.3 Å². The van der Waals surface area contributed by atoms with Crippen molar-refractivity contribution in [3.8, 4) is 0 Å². The molecule has 1 aliphatic rings. The van der Waals surface area contributed by atoms with Gasteiger partial charge in [-0.1, -0.05) is 42.8 Å². The second-order valence-electron chi connectivity index (χ2n) is 6.53. The van der Waals surface area contributed by atoms with Crippen LogP contribution in [0, 0.1) is 0 Å². The van der Waals surface area contributed by atoms with Gasteiger partial charge in [-0.2, -0.15) is 0 Å². The smallest absolute Gasteiger partial charge is 0.252 e. The molecule has 2 aromatic carbocycles. The van der Waals surface area contributed by atoms with Crippen LogP contribution in [0.5, 0.6) is 0 Å². The number of hydrogen-bond acceptors (Lipinski definition) is 4. The zero-order chi connectivity index (χ0) is 17.1. The van der Waals surface area contributed by atoms with Crippen molar-refractivity contribution < 1.29 is 4.79 Å². The number of likely N-dealkylation sites (tertiary alicyclic amines) is 1. The third-order valence-electron chi connectivity index (χ3n) is 4.73. The van der Waals surface area contributed by atoms with Gasteiger partial charge in [0.05, 0.1) is 23.3 Å². The fraction of sp³-hybridized carbons (Fsp3) is 0.300. The highest BCUT2D eigenvalue weighted by atomic mass is 16.2. The second-order valence-corrected chi connectivity index (χ2v) is 6.53. The third kappa shape index (κ3) is 3.42. The summed E-state index contributed by atoms with van der Waals surface area (Å²) in [7, 11) is 0. The fourth-order valence-corrected chi connectivity index (χ4v) is 3.47. The maximum Gasteiger partial charge on any atom is 0.252 e. The number of piperidine rings is 1. The van der Waals surface area contributed by atoms with Crippen LogP contribution in [0.3, 0.4) is 0 Å². The van der Waals surface area contributed by atoms with E-state index in [2.05, 4.69) is 15.8 Å². The van der Waals surface area contributed by atoms with Crippen LogP contribution in [0.25, 0.3) is 21.8 Å². The number of carbonyl (C=O) groups excluding carboxylic acids is 1. The molecular formula is C20H22N4O. The predicted octanol–water partition coefficient (Wildman–Crippen LogP) is 3.32. The Morgan fingerprint density at radius 1 is 0.920 bits per heavy atom. The first-order chi connectivity index (χ1) is 12.3. The number of benzene rings is 2. The van der Waals surface area contributed by atoms with Crippen LogP contribution in [0.2, 0.25) is 0 Å². The van der Waals surface area contributed by atoms with E-state index in [0.717, 1.165) is 40.6 Å². The average molecular weight is 334 g/mol. The first kappa shape index (κ1) is 15.8. The minimum Gasteiger partial charge on any atom is -0.297 e. The number of anilines is 1. The van der Waals surface area contributed by atoms with Gasteiger partial charge >= 0.3 is 0 Å². The van der Waals surface area contributed by atoms with E-state index in [1.807, 2.05) is 48.5 Å². The van der Waals surface area contributed by atoms with Gasteiger partial charge in [0.1, 0.15) is 0 Å². The maximum atomic E-state index is 12.3. The number of para-hydroxylation sites is 2. The van der Waals surface area contributed by atoms with Crippen molar-refractivity contribution >= 4 is 33.4 Å². The van der Waals surface area contributed by atoms with Gasteiger partial charge in [-0.15, -0.1) is 0 Å². The lowest BCUT2D eigenvalue weighted by molar-refractivity contribution is -0.121. The highest BCUT2D eigenvalue weighted by Gasteiger charge is 2.14. The van der Waals surface area contributed by atoms with Crippen molar-refractivity contribution in [3.05, 3.63) is 48.5 Å². The van der Waals surface area contributed by atoms with Crippen LogP contribution in [0.1, 0.15) is 19.3 Å². The largest absolute Gasteiger partial charge is 0.297 e. The summed E-state index contributed by atoms with van der Waals surface area (Å²) in [6, 6.07) is 15.9. The number of hydrogen-bond donors (Lipinski definition) is 2. The van der Waals surface area contributed by atoms with Crippen LogP contribution in [0.15, 0.2) is 48.5 Å². The molecule has 5 nitrogen and oxygen atoms in total. The number of aromatic nitrogens is 1. The average Bonchev–Trinajstić information content (AvgIpc) is 2.66. The Hall–Kier alpha value is -2.66. The quantitative estimate of drug-likeness (QED) is 0.568. The Balaban J connectivity index is 1.58. The van der Waals surface area contributed by atoms with E-state index in [-0.39, 0.29) is 5.91 Å². The molecule has 1 fully saturated rings. The number of amides is 1. The van der Waals surface area contributed by atoms with Gasteiger partial charge in [0, 0.05) is 10.8 Å². The molecule has 1 amide bonds. The number of carbonyl (C=O) groups is 1. The predicted molar refractivity (Wildman–Crippen MR) is 101 cm³/mol. The minimum atomic E-state index is -0.00752. The van der Waals surface area contributed by atoms with Gasteiger partial charge in [0.2, 0.25) is 0 Å². The first-order valence-electron chi connectivity index (χ1n) is 8.86. The van der Waals surface area contributed by atoms with Gasteiger partial charge in [-0.25, -0.2) is 4.98 Å². The third-order valence-corrected chi connectivity index (χ3v) is 4.73. The molecule has 2 N–H and O–H groups in total. The number of hydrazine groups is 1. The van der Waals surface area contributed by atoms with Gasteiger partial charge < -0.3 is 0 Å². The second kappa shape index (κ2) is 7.07. The SMILES string of the molecule is O=C(CN1CCCCC1)NNc1c2ccccc2nc2ccccc12. The molecule has 1 aromatic heterocycles. The maximum absolute atomic E-state index is 12.3. The molecule has 0 bridgehead atoms. The lowest BCUT2D eigenvalue weighted by Crippen LogP contribution is -2.41. The summed E-state index contributed by atoms with van der Waals surface area (Å²) in [5, 5.41) is 2.00. The summed E-state index contributed by atoms with van der Waals surface area (Å²) >= 11 is 0. The monoisotopic (exact) mass is 334 g/mol. The van der Waals surface area contributed by atoms with Crippen LogP contribution < -0.4 is 10.9 Å². The fourth-order valence-electron chi connectivity index (χ4n) is 3.47. The zero-order valence-electron chi connectivity index (χ0n) is 14.2. The van der Waals surface area contributed by atoms with Gasteiger partial charge in [-0.3, -0.25) is 20.5 Å². The molecule has 0 spiro atoms. The number of nitrogens with zero attached hydrogens (tertiary/aromatic N) is 2. The van der Waals surface area contributed by atoms with Crippen molar-refractivity contribution in [3.63, 3.8) is 0 Å².